The van der Waals surface area contributed by atoms with Gasteiger partial charge in [0.2, 0.25) is 5.91 Å². The number of aliphatic carboxylic acids is 1. The number of likely N-dealkylation sites (tertiary alicyclic amines) is 1. The molecule has 6 heteroatoms. The molecule has 0 aromatic rings. The van der Waals surface area contributed by atoms with Crippen molar-refractivity contribution in [2.45, 2.75) is 33.2 Å². The van der Waals surface area contributed by atoms with E-state index in [1.807, 2.05) is 0 Å². The fraction of sp³-hybridized carbons (Fsp3) is 0.750. The van der Waals surface area contributed by atoms with Crippen LogP contribution in [0.4, 0.5) is 0 Å². The predicted molar refractivity (Wildman–Crippen MR) is 69.2 cm³/mol. The highest BCUT2D eigenvalue weighted by atomic mass is 32.2. The largest absolute Gasteiger partial charge is 0.480 e. The van der Waals surface area contributed by atoms with E-state index in [1.54, 1.807) is 13.8 Å². The monoisotopic (exact) mass is 273 g/mol. The van der Waals surface area contributed by atoms with Gasteiger partial charge in [0.15, 0.2) is 5.12 Å². The Labute approximate surface area is 111 Å². The Morgan fingerprint density at radius 3 is 2.56 bits per heavy atom. The summed E-state index contributed by atoms with van der Waals surface area (Å²) in [5.41, 5.74) is 0. The number of carbonyl (C=O) groups excluding carboxylic acids is 2. The minimum absolute atomic E-state index is 0.0274. The Morgan fingerprint density at radius 2 is 2.11 bits per heavy atom. The molecule has 1 amide bonds. The van der Waals surface area contributed by atoms with Crippen molar-refractivity contribution in [2.75, 3.05) is 12.3 Å². The lowest BCUT2D eigenvalue weighted by Crippen LogP contribution is -2.45. The third-order valence-corrected chi connectivity index (χ3v) is 4.03. The van der Waals surface area contributed by atoms with Crippen molar-refractivity contribution in [1.29, 1.82) is 0 Å². The van der Waals surface area contributed by atoms with Gasteiger partial charge in [0.05, 0.1) is 0 Å². The Kier molecular flexibility index (Phi) is 5.19. The first kappa shape index (κ1) is 15.0. The van der Waals surface area contributed by atoms with E-state index in [9.17, 15) is 19.5 Å². The van der Waals surface area contributed by atoms with Crippen LogP contribution in [0.15, 0.2) is 0 Å². The lowest BCUT2D eigenvalue weighted by atomic mass is 10.0. The molecule has 0 radical (unpaired) electrons. The van der Waals surface area contributed by atoms with Crippen molar-refractivity contribution in [1.82, 2.24) is 4.90 Å². The smallest absolute Gasteiger partial charge is 0.326 e. The molecule has 1 aliphatic rings. The SMILES string of the molecule is CC(=O)SCC1CC(=O)N([C@H](C(=O)O)C(C)C)C1. The Morgan fingerprint density at radius 1 is 1.50 bits per heavy atom. The van der Waals surface area contributed by atoms with Crippen molar-refractivity contribution < 1.29 is 19.5 Å². The molecule has 1 N–H and O–H groups in total. The number of carboxylic acids is 1. The molecule has 1 fully saturated rings. The minimum atomic E-state index is -0.960. The number of hydrogen-bond donors (Lipinski definition) is 1. The van der Waals surface area contributed by atoms with Crippen molar-refractivity contribution >= 4 is 28.8 Å². The van der Waals surface area contributed by atoms with E-state index in [0.717, 1.165) is 0 Å². The molecule has 0 spiro atoms. The first-order valence-corrected chi connectivity index (χ1v) is 6.97. The van der Waals surface area contributed by atoms with Gasteiger partial charge in [0.1, 0.15) is 6.04 Å². The maximum atomic E-state index is 11.8. The number of carboxylic acid groups (broad SMARTS) is 1. The second-order valence-corrected chi connectivity index (χ2v) is 6.14. The molecule has 1 rings (SSSR count). The molecule has 0 bridgehead atoms. The molecule has 0 aliphatic carbocycles. The van der Waals surface area contributed by atoms with Crippen molar-refractivity contribution in [3.63, 3.8) is 0 Å². The maximum absolute atomic E-state index is 11.8. The van der Waals surface area contributed by atoms with Crippen LogP contribution in [0.3, 0.4) is 0 Å². The van der Waals surface area contributed by atoms with E-state index >= 15 is 0 Å². The van der Waals surface area contributed by atoms with Gasteiger partial charge in [-0.2, -0.15) is 0 Å². The van der Waals surface area contributed by atoms with Crippen molar-refractivity contribution in [3.05, 3.63) is 0 Å². The summed E-state index contributed by atoms with van der Waals surface area (Å²) < 4.78 is 0. The molecular weight excluding hydrogens is 254 g/mol. The van der Waals surface area contributed by atoms with Crippen LogP contribution >= 0.6 is 11.8 Å². The zero-order chi connectivity index (χ0) is 13.9. The summed E-state index contributed by atoms with van der Waals surface area (Å²) in [5, 5.41) is 9.20. The molecule has 1 heterocycles. The third kappa shape index (κ3) is 3.73. The normalized spacial score (nSPS) is 21.4. The van der Waals surface area contributed by atoms with Gasteiger partial charge in [0, 0.05) is 25.6 Å². The van der Waals surface area contributed by atoms with Crippen molar-refractivity contribution in [3.8, 4) is 0 Å². The highest BCUT2D eigenvalue weighted by Crippen LogP contribution is 2.26. The number of thioether (sulfide) groups is 1. The third-order valence-electron chi connectivity index (χ3n) is 2.98. The van der Waals surface area contributed by atoms with Crippen LogP contribution in [0.2, 0.25) is 0 Å². The Balaban J connectivity index is 2.65. The number of amides is 1. The molecule has 0 aromatic carbocycles. The molecule has 0 saturated carbocycles. The molecule has 18 heavy (non-hydrogen) atoms. The Hall–Kier alpha value is -1.04. The van der Waals surface area contributed by atoms with Gasteiger partial charge in [-0.05, 0) is 11.8 Å². The molecule has 5 nitrogen and oxygen atoms in total. The summed E-state index contributed by atoms with van der Waals surface area (Å²) >= 11 is 1.20. The van der Waals surface area contributed by atoms with Crippen molar-refractivity contribution in [2.24, 2.45) is 11.8 Å². The molecule has 1 aliphatic heterocycles. The van der Waals surface area contributed by atoms with Crippen LogP contribution in [0.5, 0.6) is 0 Å². The highest BCUT2D eigenvalue weighted by molar-refractivity contribution is 8.13. The fourth-order valence-electron chi connectivity index (χ4n) is 2.20. The zero-order valence-corrected chi connectivity index (χ0v) is 11.7. The average Bonchev–Trinajstić information content (AvgIpc) is 2.56. The minimum Gasteiger partial charge on any atom is -0.480 e. The fourth-order valence-corrected chi connectivity index (χ4v) is 2.90. The lowest BCUT2D eigenvalue weighted by molar-refractivity contribution is -0.150. The molecule has 2 atom stereocenters. The van der Waals surface area contributed by atoms with Crippen LogP contribution in [0.1, 0.15) is 27.2 Å². The van der Waals surface area contributed by atoms with E-state index in [-0.39, 0.29) is 22.9 Å². The number of nitrogens with zero attached hydrogens (tertiary/aromatic N) is 1. The van der Waals surface area contributed by atoms with Crippen LogP contribution in [0.25, 0.3) is 0 Å². The lowest BCUT2D eigenvalue weighted by Gasteiger charge is -2.27. The van der Waals surface area contributed by atoms with Gasteiger partial charge >= 0.3 is 5.97 Å². The summed E-state index contributed by atoms with van der Waals surface area (Å²) in [7, 11) is 0. The van der Waals surface area contributed by atoms with Gasteiger partial charge in [-0.1, -0.05) is 25.6 Å². The van der Waals surface area contributed by atoms with Crippen LogP contribution < -0.4 is 0 Å². The second-order valence-electron chi connectivity index (χ2n) is 4.95. The van der Waals surface area contributed by atoms with E-state index in [2.05, 4.69) is 0 Å². The van der Waals surface area contributed by atoms with Gasteiger partial charge < -0.3 is 10.0 Å². The topological polar surface area (TPSA) is 74.7 Å². The predicted octanol–water partition coefficient (Wildman–Crippen LogP) is 1.22. The number of carbonyl (C=O) groups is 3. The standard InChI is InChI=1S/C12H19NO4S/c1-7(2)11(12(16)17)13-5-9(4-10(13)15)6-18-8(3)14/h7,9,11H,4-6H2,1-3H3,(H,16,17)/t9?,11-/m0/s1. The summed E-state index contributed by atoms with van der Waals surface area (Å²) in [6.07, 6.45) is 0.344. The Bertz CT molecular complexity index is 356. The summed E-state index contributed by atoms with van der Waals surface area (Å²) in [5.74, 6) is -0.539. The van der Waals surface area contributed by atoms with Crippen LogP contribution in [-0.4, -0.2) is 45.3 Å². The van der Waals surface area contributed by atoms with E-state index in [4.69, 9.17) is 0 Å². The van der Waals surface area contributed by atoms with Gasteiger partial charge in [-0.15, -0.1) is 0 Å². The number of hydrogen-bond acceptors (Lipinski definition) is 4. The molecule has 1 saturated heterocycles. The molecule has 0 aromatic heterocycles. The first-order chi connectivity index (χ1) is 8.32. The van der Waals surface area contributed by atoms with Crippen LogP contribution in [-0.2, 0) is 14.4 Å². The van der Waals surface area contributed by atoms with E-state index in [1.165, 1.54) is 23.6 Å². The summed E-state index contributed by atoms with van der Waals surface area (Å²) in [6.45, 7) is 5.52. The van der Waals surface area contributed by atoms with E-state index < -0.39 is 12.0 Å². The van der Waals surface area contributed by atoms with Gasteiger partial charge in [0.25, 0.3) is 0 Å². The molecular formula is C12H19NO4S. The second kappa shape index (κ2) is 6.22. The quantitative estimate of drug-likeness (QED) is 0.815. The van der Waals surface area contributed by atoms with E-state index in [0.29, 0.717) is 18.7 Å². The average molecular weight is 273 g/mol. The number of rotatable bonds is 5. The zero-order valence-electron chi connectivity index (χ0n) is 10.9. The molecule has 1 unspecified atom stereocenters. The molecule has 102 valence electrons. The maximum Gasteiger partial charge on any atom is 0.326 e. The van der Waals surface area contributed by atoms with Gasteiger partial charge in [-0.25, -0.2) is 4.79 Å². The highest BCUT2D eigenvalue weighted by Gasteiger charge is 2.39. The summed E-state index contributed by atoms with van der Waals surface area (Å²) in [6, 6.07) is -0.759. The van der Waals surface area contributed by atoms with Crippen LogP contribution in [0, 0.1) is 11.8 Å². The summed E-state index contributed by atoms with van der Waals surface area (Å²) in [4.78, 5) is 35.4. The first-order valence-electron chi connectivity index (χ1n) is 5.98. The van der Waals surface area contributed by atoms with Gasteiger partial charge in [-0.3, -0.25) is 9.59 Å².